The van der Waals surface area contributed by atoms with Gasteiger partial charge < -0.3 is 20.4 Å². The van der Waals surface area contributed by atoms with Crippen LogP contribution < -0.4 is 5.32 Å². The number of benzene rings is 2. The molecule has 4 rings (SSSR count). The minimum Gasteiger partial charge on any atom is -0.380 e. The van der Waals surface area contributed by atoms with Gasteiger partial charge in [0, 0.05) is 19.3 Å². The lowest BCUT2D eigenvalue weighted by Crippen LogP contribution is -2.49. The van der Waals surface area contributed by atoms with Gasteiger partial charge in [0.25, 0.3) is 11.8 Å². The summed E-state index contributed by atoms with van der Waals surface area (Å²) in [6.45, 7) is 0.709. The summed E-state index contributed by atoms with van der Waals surface area (Å²) in [4.78, 5) is 30.4. The van der Waals surface area contributed by atoms with E-state index < -0.39 is 24.0 Å². The second kappa shape index (κ2) is 9.07. The fourth-order valence-corrected chi connectivity index (χ4v) is 3.56. The first-order chi connectivity index (χ1) is 15.0. The van der Waals surface area contributed by atoms with E-state index in [2.05, 4.69) is 10.3 Å². The zero-order valence-electron chi connectivity index (χ0n) is 16.8. The Morgan fingerprint density at radius 3 is 2.32 bits per heavy atom. The smallest absolute Gasteiger partial charge is 0.255 e. The fourth-order valence-electron chi connectivity index (χ4n) is 3.56. The number of aliphatic hydroxyl groups excluding tert-OH is 2. The molecule has 0 fully saturated rings. The second-order valence-electron chi connectivity index (χ2n) is 7.47. The molecule has 1 aromatic heterocycles. The molecule has 0 spiro atoms. The van der Waals surface area contributed by atoms with Crippen LogP contribution in [0.25, 0.3) is 11.1 Å². The van der Waals surface area contributed by atoms with Crippen LogP contribution in [0.4, 0.5) is 0 Å². The molecule has 3 N–H and O–H groups in total. The third-order valence-electron chi connectivity index (χ3n) is 5.35. The summed E-state index contributed by atoms with van der Waals surface area (Å²) in [5, 5.41) is 23.0. The number of nitrogens with zero attached hydrogens (tertiary/aromatic N) is 2. The maximum absolute atomic E-state index is 12.5. The van der Waals surface area contributed by atoms with Crippen LogP contribution in [0.15, 0.2) is 72.9 Å². The van der Waals surface area contributed by atoms with Gasteiger partial charge in [0.2, 0.25) is 0 Å². The third-order valence-corrected chi connectivity index (χ3v) is 5.35. The molecule has 0 unspecified atom stereocenters. The van der Waals surface area contributed by atoms with Crippen LogP contribution in [0.2, 0.25) is 0 Å². The van der Waals surface area contributed by atoms with Gasteiger partial charge in [0.15, 0.2) is 12.2 Å². The molecular weight excluding hydrogens is 394 g/mol. The summed E-state index contributed by atoms with van der Waals surface area (Å²) < 4.78 is 0. The zero-order chi connectivity index (χ0) is 21.8. The van der Waals surface area contributed by atoms with Crippen molar-refractivity contribution in [3.05, 3.63) is 89.7 Å². The molecular formula is C24H23N3O4. The SMILES string of the molecule is O=C(NCc1ccc(-c2ccccc2)cc1)[C@H](O)[C@@H](O)C(=O)N1Cc2cccnc2C1. The molecule has 0 bridgehead atoms. The lowest BCUT2D eigenvalue weighted by Gasteiger charge is -2.22. The van der Waals surface area contributed by atoms with Gasteiger partial charge in [-0.3, -0.25) is 14.6 Å². The number of nitrogens with one attached hydrogen (secondary N) is 1. The highest BCUT2D eigenvalue weighted by molar-refractivity contribution is 5.90. The number of carbonyl (C=O) groups is 2. The van der Waals surface area contributed by atoms with Gasteiger partial charge in [-0.1, -0.05) is 60.7 Å². The first kappa shape index (κ1) is 20.7. The molecule has 7 nitrogen and oxygen atoms in total. The molecule has 31 heavy (non-hydrogen) atoms. The number of fused-ring (bicyclic) bond motifs is 1. The molecule has 2 aromatic carbocycles. The molecule has 0 saturated carbocycles. The molecule has 1 aliphatic heterocycles. The van der Waals surface area contributed by atoms with Crippen LogP contribution in [0.5, 0.6) is 0 Å². The minimum atomic E-state index is -1.85. The molecule has 2 heterocycles. The van der Waals surface area contributed by atoms with Crippen LogP contribution in [0.1, 0.15) is 16.8 Å². The van der Waals surface area contributed by atoms with E-state index in [9.17, 15) is 19.8 Å². The second-order valence-corrected chi connectivity index (χ2v) is 7.47. The quantitative estimate of drug-likeness (QED) is 0.566. The number of rotatable bonds is 6. The predicted molar refractivity (Wildman–Crippen MR) is 114 cm³/mol. The maximum Gasteiger partial charge on any atom is 0.255 e. The fraction of sp³-hybridized carbons (Fsp3) is 0.208. The largest absolute Gasteiger partial charge is 0.380 e. The highest BCUT2D eigenvalue weighted by atomic mass is 16.3. The van der Waals surface area contributed by atoms with E-state index in [1.165, 1.54) is 4.90 Å². The van der Waals surface area contributed by atoms with E-state index in [1.54, 1.807) is 12.3 Å². The van der Waals surface area contributed by atoms with Crippen molar-refractivity contribution in [3.63, 3.8) is 0 Å². The summed E-state index contributed by atoms with van der Waals surface area (Å²) in [7, 11) is 0. The van der Waals surface area contributed by atoms with E-state index >= 15 is 0 Å². The molecule has 2 atom stereocenters. The summed E-state index contributed by atoms with van der Waals surface area (Å²) in [5.74, 6) is -1.50. The van der Waals surface area contributed by atoms with E-state index in [0.29, 0.717) is 6.54 Å². The lowest BCUT2D eigenvalue weighted by atomic mass is 10.0. The lowest BCUT2D eigenvalue weighted by molar-refractivity contribution is -0.153. The minimum absolute atomic E-state index is 0.172. The maximum atomic E-state index is 12.5. The monoisotopic (exact) mass is 417 g/mol. The Morgan fingerprint density at radius 1 is 0.903 bits per heavy atom. The summed E-state index contributed by atoms with van der Waals surface area (Å²) in [6.07, 6.45) is -2.06. The van der Waals surface area contributed by atoms with Crippen LogP contribution in [-0.4, -0.2) is 44.1 Å². The van der Waals surface area contributed by atoms with Gasteiger partial charge in [-0.05, 0) is 28.3 Å². The van der Waals surface area contributed by atoms with Crippen molar-refractivity contribution >= 4 is 11.8 Å². The van der Waals surface area contributed by atoms with Crippen molar-refractivity contribution in [1.29, 1.82) is 0 Å². The summed E-state index contributed by atoms with van der Waals surface area (Å²) in [6, 6.07) is 21.2. The van der Waals surface area contributed by atoms with Crippen LogP contribution in [-0.2, 0) is 29.2 Å². The number of amides is 2. The average molecular weight is 417 g/mol. The Morgan fingerprint density at radius 2 is 1.61 bits per heavy atom. The molecule has 0 radical (unpaired) electrons. The Kier molecular flexibility index (Phi) is 6.06. The van der Waals surface area contributed by atoms with Crippen molar-refractivity contribution in [1.82, 2.24) is 15.2 Å². The molecule has 2 amide bonds. The van der Waals surface area contributed by atoms with Crippen molar-refractivity contribution in [2.75, 3.05) is 0 Å². The Balaban J connectivity index is 1.30. The van der Waals surface area contributed by atoms with E-state index in [0.717, 1.165) is 27.9 Å². The first-order valence-electron chi connectivity index (χ1n) is 10.0. The topological polar surface area (TPSA) is 103 Å². The van der Waals surface area contributed by atoms with Gasteiger partial charge in [-0.2, -0.15) is 0 Å². The van der Waals surface area contributed by atoms with E-state index in [1.807, 2.05) is 60.7 Å². The van der Waals surface area contributed by atoms with Crippen molar-refractivity contribution < 1.29 is 19.8 Å². The summed E-state index contributed by atoms with van der Waals surface area (Å²) >= 11 is 0. The van der Waals surface area contributed by atoms with Crippen LogP contribution in [0.3, 0.4) is 0 Å². The van der Waals surface area contributed by atoms with Crippen LogP contribution in [0, 0.1) is 0 Å². The standard InChI is InChI=1S/C24H23N3O4/c28-21(22(29)24(31)27-14-19-7-4-12-25-20(19)15-27)23(30)26-13-16-8-10-18(11-9-16)17-5-2-1-3-6-17/h1-12,21-22,28-29H,13-15H2,(H,26,30)/t21-,22-/m1/s1. The Labute approximate surface area is 180 Å². The number of hydrogen-bond donors (Lipinski definition) is 3. The number of aliphatic hydroxyl groups is 2. The number of hydrogen-bond acceptors (Lipinski definition) is 5. The number of carbonyl (C=O) groups excluding carboxylic acids is 2. The van der Waals surface area contributed by atoms with Crippen LogP contribution >= 0.6 is 0 Å². The molecule has 1 aliphatic rings. The highest BCUT2D eigenvalue weighted by Gasteiger charge is 2.35. The first-order valence-corrected chi connectivity index (χ1v) is 10.0. The Bertz CT molecular complexity index is 1040. The zero-order valence-corrected chi connectivity index (χ0v) is 16.8. The van der Waals surface area contributed by atoms with Crippen molar-refractivity contribution in [3.8, 4) is 11.1 Å². The van der Waals surface area contributed by atoms with E-state index in [4.69, 9.17) is 0 Å². The normalized spacial score (nSPS) is 14.6. The third kappa shape index (κ3) is 4.63. The van der Waals surface area contributed by atoms with Gasteiger partial charge >= 0.3 is 0 Å². The molecule has 0 aliphatic carbocycles. The van der Waals surface area contributed by atoms with Gasteiger partial charge in [-0.15, -0.1) is 0 Å². The molecule has 7 heteroatoms. The van der Waals surface area contributed by atoms with Gasteiger partial charge in [-0.25, -0.2) is 0 Å². The average Bonchev–Trinajstić information content (AvgIpc) is 3.26. The summed E-state index contributed by atoms with van der Waals surface area (Å²) in [5.41, 5.74) is 4.62. The molecule has 158 valence electrons. The van der Waals surface area contributed by atoms with Gasteiger partial charge in [0.05, 0.1) is 12.2 Å². The number of aromatic nitrogens is 1. The van der Waals surface area contributed by atoms with Crippen molar-refractivity contribution in [2.45, 2.75) is 31.8 Å². The molecule has 3 aromatic rings. The van der Waals surface area contributed by atoms with Crippen molar-refractivity contribution in [2.24, 2.45) is 0 Å². The van der Waals surface area contributed by atoms with Gasteiger partial charge in [0.1, 0.15) is 0 Å². The van der Waals surface area contributed by atoms with E-state index in [-0.39, 0.29) is 13.1 Å². The number of pyridine rings is 1. The Hall–Kier alpha value is -3.55. The highest BCUT2D eigenvalue weighted by Crippen LogP contribution is 2.22. The molecule has 0 saturated heterocycles. The predicted octanol–water partition coefficient (Wildman–Crippen LogP) is 1.63.